The molecule has 3 atom stereocenters. The van der Waals surface area contributed by atoms with E-state index in [-0.39, 0.29) is 31.5 Å². The number of benzene rings is 1. The van der Waals surface area contributed by atoms with Crippen molar-refractivity contribution in [3.05, 3.63) is 47.5 Å². The molecule has 6 nitrogen and oxygen atoms in total. The molecular formula is C24H37O6PS. The highest BCUT2D eigenvalue weighted by molar-refractivity contribution is 8.01. The summed E-state index contributed by atoms with van der Waals surface area (Å²) in [5, 5.41) is -1.12. The molecule has 0 aliphatic carbocycles. The number of esters is 1. The van der Waals surface area contributed by atoms with Crippen LogP contribution in [0.3, 0.4) is 0 Å². The molecule has 0 spiro atoms. The van der Waals surface area contributed by atoms with Crippen molar-refractivity contribution in [3.63, 3.8) is 0 Å². The van der Waals surface area contributed by atoms with Crippen molar-refractivity contribution >= 4 is 31.1 Å². The lowest BCUT2D eigenvalue weighted by molar-refractivity contribution is -0.143. The van der Waals surface area contributed by atoms with E-state index in [1.54, 1.807) is 26.8 Å². The summed E-state index contributed by atoms with van der Waals surface area (Å²) in [6.45, 7) is 13.1. The van der Waals surface area contributed by atoms with Crippen molar-refractivity contribution in [2.75, 3.05) is 19.8 Å². The van der Waals surface area contributed by atoms with E-state index in [0.717, 1.165) is 11.1 Å². The van der Waals surface area contributed by atoms with E-state index in [1.807, 2.05) is 58.0 Å². The molecule has 0 N–H and O–H groups in total. The van der Waals surface area contributed by atoms with Crippen molar-refractivity contribution in [2.24, 2.45) is 5.92 Å². The van der Waals surface area contributed by atoms with Gasteiger partial charge >= 0.3 is 13.6 Å². The Bertz CT molecular complexity index is 794. The molecule has 0 aromatic heterocycles. The minimum absolute atomic E-state index is 0.0860. The Labute approximate surface area is 197 Å². The second-order valence-electron chi connectivity index (χ2n) is 7.83. The molecule has 0 aliphatic rings. The zero-order chi connectivity index (χ0) is 24.3. The van der Waals surface area contributed by atoms with Crippen LogP contribution in [0.25, 0.3) is 0 Å². The van der Waals surface area contributed by atoms with Gasteiger partial charge in [-0.3, -0.25) is 14.2 Å². The third-order valence-corrected chi connectivity index (χ3v) is 9.10. The minimum Gasteiger partial charge on any atom is -0.465 e. The second kappa shape index (κ2) is 14.0. The van der Waals surface area contributed by atoms with Crippen LogP contribution in [-0.2, 0) is 27.9 Å². The zero-order valence-corrected chi connectivity index (χ0v) is 21.9. The van der Waals surface area contributed by atoms with Gasteiger partial charge in [0, 0.05) is 5.25 Å². The van der Waals surface area contributed by atoms with Gasteiger partial charge in [-0.05, 0) is 52.2 Å². The Morgan fingerprint density at radius 2 is 1.56 bits per heavy atom. The highest BCUT2D eigenvalue weighted by Gasteiger charge is 2.49. The molecule has 32 heavy (non-hydrogen) atoms. The Morgan fingerprint density at radius 3 is 2.00 bits per heavy atom. The van der Waals surface area contributed by atoms with Crippen LogP contribution in [0.5, 0.6) is 0 Å². The van der Waals surface area contributed by atoms with E-state index in [9.17, 15) is 14.2 Å². The molecule has 3 unspecified atom stereocenters. The van der Waals surface area contributed by atoms with Gasteiger partial charge < -0.3 is 13.8 Å². The summed E-state index contributed by atoms with van der Waals surface area (Å²) in [6, 6.07) is 9.40. The van der Waals surface area contributed by atoms with Crippen molar-refractivity contribution in [1.29, 1.82) is 0 Å². The average Bonchev–Trinajstić information content (AvgIpc) is 2.71. The highest BCUT2D eigenvalue weighted by atomic mass is 32.2. The molecule has 0 radical (unpaired) electrons. The lowest BCUT2D eigenvalue weighted by Gasteiger charge is -2.34. The number of ketones is 1. The molecule has 0 heterocycles. The number of hydrogen-bond acceptors (Lipinski definition) is 7. The average molecular weight is 485 g/mol. The Morgan fingerprint density at radius 1 is 1.00 bits per heavy atom. The molecule has 0 saturated heterocycles. The topological polar surface area (TPSA) is 78.9 Å². The van der Waals surface area contributed by atoms with Crippen molar-refractivity contribution in [2.45, 2.75) is 64.6 Å². The summed E-state index contributed by atoms with van der Waals surface area (Å²) in [7, 11) is -3.85. The van der Waals surface area contributed by atoms with E-state index in [2.05, 4.69) is 0 Å². The lowest BCUT2D eigenvalue weighted by atomic mass is 10.1. The zero-order valence-electron chi connectivity index (χ0n) is 20.2. The Balaban J connectivity index is 3.56. The van der Waals surface area contributed by atoms with Gasteiger partial charge in [0.1, 0.15) is 0 Å². The molecule has 0 amide bonds. The number of rotatable bonds is 14. The van der Waals surface area contributed by atoms with Gasteiger partial charge in [-0.1, -0.05) is 49.8 Å². The summed E-state index contributed by atoms with van der Waals surface area (Å²) in [4.78, 5) is 26.3. The van der Waals surface area contributed by atoms with Gasteiger partial charge in [0.15, 0.2) is 11.4 Å². The quantitative estimate of drug-likeness (QED) is 0.176. The summed E-state index contributed by atoms with van der Waals surface area (Å²) in [5.74, 6) is -0.836. The van der Waals surface area contributed by atoms with Crippen LogP contribution < -0.4 is 0 Å². The predicted molar refractivity (Wildman–Crippen MR) is 131 cm³/mol. The first-order chi connectivity index (χ1) is 15.1. The number of ether oxygens (including phenoxy) is 1. The molecule has 0 aliphatic heterocycles. The summed E-state index contributed by atoms with van der Waals surface area (Å²) >= 11 is 1.31. The fourth-order valence-corrected chi connectivity index (χ4v) is 7.50. The van der Waals surface area contributed by atoms with E-state index < -0.39 is 29.7 Å². The van der Waals surface area contributed by atoms with Crippen LogP contribution in [-0.4, -0.2) is 42.5 Å². The normalized spacial score (nSPS) is 14.5. The fourth-order valence-electron chi connectivity index (χ4n) is 3.28. The first-order valence-electron chi connectivity index (χ1n) is 11.1. The van der Waals surface area contributed by atoms with Crippen LogP contribution in [0.1, 0.15) is 59.3 Å². The Kier molecular flexibility index (Phi) is 12.5. The highest BCUT2D eigenvalue weighted by Crippen LogP contribution is 2.58. The SMILES string of the molecule is CCOC(=O)C(C(SC(C(=O)C=C(C)C)c1ccccc1)C(C)C)P(=O)(OCC)OCC. The minimum atomic E-state index is -3.85. The van der Waals surface area contributed by atoms with Gasteiger partial charge in [-0.15, -0.1) is 11.8 Å². The van der Waals surface area contributed by atoms with Gasteiger partial charge in [-0.2, -0.15) is 0 Å². The lowest BCUT2D eigenvalue weighted by Crippen LogP contribution is -2.39. The molecule has 180 valence electrons. The fraction of sp³-hybridized carbons (Fsp3) is 0.583. The Hall–Kier alpha value is -1.40. The second-order valence-corrected chi connectivity index (χ2v) is 11.3. The van der Waals surface area contributed by atoms with Crippen LogP contribution in [0, 0.1) is 5.92 Å². The van der Waals surface area contributed by atoms with Gasteiger partial charge in [0.25, 0.3) is 0 Å². The maximum atomic E-state index is 13.8. The van der Waals surface area contributed by atoms with E-state index >= 15 is 0 Å². The molecule has 1 rings (SSSR count). The standard InChI is InChI=1S/C24H37O6PS/c1-8-28-24(26)21(31(27,29-9-2)30-10-3)22(18(6)7)32-23(20(25)16-17(4)5)19-14-12-11-13-15-19/h11-16,18,21-23H,8-10H2,1-7H3. The van der Waals surface area contributed by atoms with E-state index in [1.165, 1.54) is 11.8 Å². The molecule has 0 fully saturated rings. The maximum absolute atomic E-state index is 13.8. The monoisotopic (exact) mass is 484 g/mol. The molecule has 0 saturated carbocycles. The van der Waals surface area contributed by atoms with Gasteiger partial charge in [0.05, 0.1) is 25.1 Å². The smallest absolute Gasteiger partial charge is 0.346 e. The molecule has 1 aromatic carbocycles. The third-order valence-electron chi connectivity index (χ3n) is 4.54. The van der Waals surface area contributed by atoms with Crippen molar-refractivity contribution in [3.8, 4) is 0 Å². The van der Waals surface area contributed by atoms with E-state index in [4.69, 9.17) is 13.8 Å². The third kappa shape index (κ3) is 8.18. The van der Waals surface area contributed by atoms with Crippen molar-refractivity contribution in [1.82, 2.24) is 0 Å². The van der Waals surface area contributed by atoms with Gasteiger partial charge in [0.2, 0.25) is 0 Å². The number of carbonyl (C=O) groups is 2. The van der Waals surface area contributed by atoms with Crippen LogP contribution in [0.15, 0.2) is 42.0 Å². The van der Waals surface area contributed by atoms with Gasteiger partial charge in [-0.25, -0.2) is 0 Å². The first-order valence-corrected chi connectivity index (χ1v) is 13.6. The predicted octanol–water partition coefficient (Wildman–Crippen LogP) is 6.22. The number of hydrogen-bond donors (Lipinski definition) is 0. The first kappa shape index (κ1) is 28.6. The number of allylic oxidation sites excluding steroid dienone is 2. The van der Waals surface area contributed by atoms with Crippen LogP contribution >= 0.6 is 19.4 Å². The maximum Gasteiger partial charge on any atom is 0.346 e. The summed E-state index contributed by atoms with van der Waals surface area (Å²) in [6.07, 6.45) is 1.60. The van der Waals surface area contributed by atoms with E-state index in [0.29, 0.717) is 0 Å². The summed E-state index contributed by atoms with van der Waals surface area (Å²) in [5.41, 5.74) is 0.544. The molecular weight excluding hydrogens is 447 g/mol. The van der Waals surface area contributed by atoms with Crippen LogP contribution in [0.4, 0.5) is 0 Å². The largest absolute Gasteiger partial charge is 0.465 e. The molecule has 0 bridgehead atoms. The summed E-state index contributed by atoms with van der Waals surface area (Å²) < 4.78 is 30.2. The number of carbonyl (C=O) groups excluding carboxylic acids is 2. The van der Waals surface area contributed by atoms with Crippen molar-refractivity contribution < 1.29 is 27.9 Å². The molecule has 8 heteroatoms. The number of thioether (sulfide) groups is 1. The molecule has 1 aromatic rings. The van der Waals surface area contributed by atoms with Crippen LogP contribution in [0.2, 0.25) is 0 Å².